The van der Waals surface area contributed by atoms with E-state index in [2.05, 4.69) is 12.1 Å². The number of aliphatic hydroxyl groups is 1. The first-order valence-electron chi connectivity index (χ1n) is 10.4. The van der Waals surface area contributed by atoms with Crippen LogP contribution in [0.1, 0.15) is 28.5 Å². The molecule has 174 valence electrons. The van der Waals surface area contributed by atoms with E-state index in [9.17, 15) is 25.2 Å². The molecule has 0 aliphatic heterocycles. The molecular formula is C26H24N2O5S. The summed E-state index contributed by atoms with van der Waals surface area (Å²) < 4.78 is 9.87. The molecular weight excluding hydrogens is 452 g/mol. The quantitative estimate of drug-likeness (QED) is 0.498. The Labute approximate surface area is 202 Å². The van der Waals surface area contributed by atoms with Gasteiger partial charge in [0.05, 0.1) is 37.8 Å². The fourth-order valence-electron chi connectivity index (χ4n) is 4.60. The van der Waals surface area contributed by atoms with E-state index in [1.54, 1.807) is 48.5 Å². The van der Waals surface area contributed by atoms with E-state index in [1.807, 2.05) is 13.2 Å². The first kappa shape index (κ1) is 24.9. The molecule has 34 heavy (non-hydrogen) atoms. The van der Waals surface area contributed by atoms with Gasteiger partial charge in [-0.3, -0.25) is 4.79 Å². The number of thioether (sulfide) groups is 1. The average molecular weight is 477 g/mol. The van der Waals surface area contributed by atoms with Crippen molar-refractivity contribution in [3.8, 4) is 12.1 Å². The van der Waals surface area contributed by atoms with E-state index in [0.29, 0.717) is 11.1 Å². The minimum Gasteiger partial charge on any atom is -0.511 e. The summed E-state index contributed by atoms with van der Waals surface area (Å²) in [4.78, 5) is 26.8. The SMILES string of the molecule is COC(=O)C1=C(O)[C@@H](C(=O)OC)[C@@H](c2ccc(C)cc2)C(C#N)(C#N)[C@H]1c1ccc(SC)cc1. The van der Waals surface area contributed by atoms with Gasteiger partial charge in [0.2, 0.25) is 0 Å². The summed E-state index contributed by atoms with van der Waals surface area (Å²) in [7, 11) is 2.28. The first-order valence-corrected chi connectivity index (χ1v) is 11.6. The third-order valence-corrected chi connectivity index (χ3v) is 7.00. The zero-order chi connectivity index (χ0) is 25.0. The number of hydrogen-bond acceptors (Lipinski definition) is 8. The van der Waals surface area contributed by atoms with Crippen molar-refractivity contribution in [1.29, 1.82) is 10.5 Å². The number of hydrogen-bond donors (Lipinski definition) is 1. The summed E-state index contributed by atoms with van der Waals surface area (Å²) in [5.41, 5.74) is -0.349. The van der Waals surface area contributed by atoms with Crippen molar-refractivity contribution in [1.82, 2.24) is 0 Å². The maximum absolute atomic E-state index is 12.9. The monoisotopic (exact) mass is 476 g/mol. The fourth-order valence-corrected chi connectivity index (χ4v) is 5.01. The molecule has 1 aliphatic rings. The standard InChI is InChI=1S/C26H24N2O5S/c1-15-5-7-16(8-6-15)21-19(24(30)32-2)23(29)20(25(31)33-3)22(26(21,13-27)14-28)17-9-11-18(34-4)12-10-17/h5-12,19,21-22,29H,1-4H3/t19-,21+,22-/m0/s1. The van der Waals surface area contributed by atoms with E-state index in [1.165, 1.54) is 11.8 Å². The van der Waals surface area contributed by atoms with Crippen LogP contribution in [-0.4, -0.2) is 37.5 Å². The molecule has 2 aromatic carbocycles. The zero-order valence-corrected chi connectivity index (χ0v) is 20.1. The van der Waals surface area contributed by atoms with Crippen LogP contribution in [0.15, 0.2) is 64.8 Å². The fraction of sp³-hybridized carbons (Fsp3) is 0.308. The highest BCUT2D eigenvalue weighted by Crippen LogP contribution is 2.59. The Morgan fingerprint density at radius 1 is 0.971 bits per heavy atom. The van der Waals surface area contributed by atoms with Crippen molar-refractivity contribution < 1.29 is 24.2 Å². The minimum atomic E-state index is -1.94. The maximum atomic E-state index is 12.9. The number of aliphatic hydroxyl groups excluding tert-OH is 1. The highest BCUT2D eigenvalue weighted by molar-refractivity contribution is 7.98. The van der Waals surface area contributed by atoms with E-state index in [-0.39, 0.29) is 5.57 Å². The van der Waals surface area contributed by atoms with Crippen molar-refractivity contribution in [2.24, 2.45) is 11.3 Å². The number of esters is 2. The number of benzene rings is 2. The van der Waals surface area contributed by atoms with Crippen molar-refractivity contribution in [3.63, 3.8) is 0 Å². The molecule has 3 atom stereocenters. The zero-order valence-electron chi connectivity index (χ0n) is 19.2. The van der Waals surface area contributed by atoms with E-state index in [4.69, 9.17) is 9.47 Å². The Balaban J connectivity index is 2.45. The van der Waals surface area contributed by atoms with Gasteiger partial charge < -0.3 is 14.6 Å². The van der Waals surface area contributed by atoms with Gasteiger partial charge in [-0.05, 0) is 36.4 Å². The number of aryl methyl sites for hydroxylation is 1. The Morgan fingerprint density at radius 2 is 1.53 bits per heavy atom. The van der Waals surface area contributed by atoms with Crippen LogP contribution in [0.2, 0.25) is 0 Å². The molecule has 0 unspecified atom stereocenters. The molecule has 0 aromatic heterocycles. The van der Waals surface area contributed by atoms with Crippen LogP contribution in [-0.2, 0) is 19.1 Å². The number of nitrogens with zero attached hydrogens (tertiary/aromatic N) is 2. The smallest absolute Gasteiger partial charge is 0.337 e. The topological polar surface area (TPSA) is 120 Å². The van der Waals surface area contributed by atoms with Crippen LogP contribution in [0.3, 0.4) is 0 Å². The molecule has 0 saturated carbocycles. The van der Waals surface area contributed by atoms with E-state index in [0.717, 1.165) is 24.7 Å². The molecule has 1 N–H and O–H groups in total. The van der Waals surface area contributed by atoms with Gasteiger partial charge >= 0.3 is 11.9 Å². The van der Waals surface area contributed by atoms with Crippen LogP contribution in [0.4, 0.5) is 0 Å². The molecule has 0 fully saturated rings. The van der Waals surface area contributed by atoms with Gasteiger partial charge in [0.25, 0.3) is 0 Å². The molecule has 0 heterocycles. The van der Waals surface area contributed by atoms with E-state index < -0.39 is 40.9 Å². The summed E-state index contributed by atoms with van der Waals surface area (Å²) in [6, 6.07) is 18.3. The number of rotatable bonds is 5. The van der Waals surface area contributed by atoms with E-state index >= 15 is 0 Å². The van der Waals surface area contributed by atoms with Gasteiger partial charge in [0.15, 0.2) is 5.41 Å². The Morgan fingerprint density at radius 3 is 2.00 bits per heavy atom. The molecule has 0 amide bonds. The summed E-state index contributed by atoms with van der Waals surface area (Å²) >= 11 is 1.51. The second kappa shape index (κ2) is 10.0. The summed E-state index contributed by atoms with van der Waals surface area (Å²) in [6.45, 7) is 1.88. The molecule has 3 rings (SSSR count). The Kier molecular flexibility index (Phi) is 7.34. The summed E-state index contributed by atoms with van der Waals surface area (Å²) in [5, 5.41) is 32.3. The highest BCUT2D eigenvalue weighted by atomic mass is 32.2. The van der Waals surface area contributed by atoms with Crippen molar-refractivity contribution in [3.05, 3.63) is 76.6 Å². The molecule has 7 nitrogen and oxygen atoms in total. The largest absolute Gasteiger partial charge is 0.511 e. The number of ether oxygens (including phenoxy) is 2. The minimum absolute atomic E-state index is 0.304. The molecule has 1 aliphatic carbocycles. The van der Waals surface area contributed by atoms with Crippen molar-refractivity contribution in [2.45, 2.75) is 23.7 Å². The highest BCUT2D eigenvalue weighted by Gasteiger charge is 2.61. The lowest BCUT2D eigenvalue weighted by Gasteiger charge is -2.44. The van der Waals surface area contributed by atoms with Gasteiger partial charge in [-0.2, -0.15) is 10.5 Å². The lowest BCUT2D eigenvalue weighted by Crippen LogP contribution is -2.47. The summed E-state index contributed by atoms with van der Waals surface area (Å²) in [5.74, 6) is -6.11. The van der Waals surface area contributed by atoms with Crippen LogP contribution < -0.4 is 0 Å². The third-order valence-electron chi connectivity index (χ3n) is 6.25. The predicted molar refractivity (Wildman–Crippen MR) is 126 cm³/mol. The van der Waals surface area contributed by atoms with Gasteiger partial charge in [0, 0.05) is 10.8 Å². The van der Waals surface area contributed by atoms with Gasteiger partial charge in [-0.25, -0.2) is 4.79 Å². The second-order valence-electron chi connectivity index (χ2n) is 7.98. The predicted octanol–water partition coefficient (Wildman–Crippen LogP) is 4.41. The van der Waals surface area contributed by atoms with Crippen molar-refractivity contribution in [2.75, 3.05) is 20.5 Å². The van der Waals surface area contributed by atoms with Crippen LogP contribution >= 0.6 is 11.8 Å². The number of carbonyl (C=O) groups excluding carboxylic acids is 2. The normalized spacial score (nSPS) is 21.2. The number of methoxy groups -OCH3 is 2. The summed E-state index contributed by atoms with van der Waals surface area (Å²) in [6.07, 6.45) is 1.91. The molecule has 0 bridgehead atoms. The molecule has 8 heteroatoms. The van der Waals surface area contributed by atoms with Crippen LogP contribution in [0, 0.1) is 40.9 Å². The van der Waals surface area contributed by atoms with Gasteiger partial charge in [-0.15, -0.1) is 11.8 Å². The first-order chi connectivity index (χ1) is 16.3. The molecule has 0 radical (unpaired) electrons. The van der Waals surface area contributed by atoms with Gasteiger partial charge in [0.1, 0.15) is 11.7 Å². The Hall–Kier alpha value is -3.75. The van der Waals surface area contributed by atoms with Crippen molar-refractivity contribution >= 4 is 23.7 Å². The Bertz CT molecular complexity index is 1190. The average Bonchev–Trinajstić information content (AvgIpc) is 2.87. The molecule has 0 spiro atoms. The number of nitriles is 2. The van der Waals surface area contributed by atoms with Gasteiger partial charge in [-0.1, -0.05) is 42.0 Å². The number of carbonyl (C=O) groups is 2. The molecule has 2 aromatic rings. The lowest BCUT2D eigenvalue weighted by atomic mass is 9.54. The second-order valence-corrected chi connectivity index (χ2v) is 8.86. The van der Waals surface area contributed by atoms with Crippen LogP contribution in [0.5, 0.6) is 0 Å². The van der Waals surface area contributed by atoms with Crippen LogP contribution in [0.25, 0.3) is 0 Å². The molecule has 0 saturated heterocycles. The maximum Gasteiger partial charge on any atom is 0.337 e. The third kappa shape index (κ3) is 4.02. The lowest BCUT2D eigenvalue weighted by molar-refractivity contribution is -0.147.